The molecule has 34 heavy (non-hydrogen) atoms. The normalized spacial score (nSPS) is 13.2. The van der Waals surface area contributed by atoms with E-state index in [0.717, 1.165) is 19.4 Å². The standard InChI is InChI=1S/C33H23N/c1-2-8-26-22(7-1)16-24-18-31-25(19-30(24)26)17-23-15-21(13-14-27(23)31)20-34-32-11-5-3-9-28(32)29-10-4-6-12-33(29)34/h1-15,18-19H,16-17,20H2. The summed E-state index contributed by atoms with van der Waals surface area (Å²) >= 11 is 0. The maximum atomic E-state index is 2.47. The topological polar surface area (TPSA) is 4.93 Å². The molecule has 1 nitrogen and oxygen atoms in total. The third-order valence-electron chi connectivity index (χ3n) is 7.88. The fourth-order valence-electron chi connectivity index (χ4n) is 6.34. The summed E-state index contributed by atoms with van der Waals surface area (Å²) < 4.78 is 2.47. The summed E-state index contributed by atoms with van der Waals surface area (Å²) in [5.41, 5.74) is 15.6. The van der Waals surface area contributed by atoms with Gasteiger partial charge in [0.25, 0.3) is 0 Å². The van der Waals surface area contributed by atoms with E-state index in [1.165, 1.54) is 71.9 Å². The summed E-state index contributed by atoms with van der Waals surface area (Å²) in [7, 11) is 0. The molecule has 0 fully saturated rings. The van der Waals surface area contributed by atoms with Crippen molar-refractivity contribution in [1.82, 2.24) is 4.57 Å². The zero-order chi connectivity index (χ0) is 22.2. The Morgan fingerprint density at radius 1 is 0.471 bits per heavy atom. The lowest BCUT2D eigenvalue weighted by Crippen LogP contribution is -2.00. The minimum Gasteiger partial charge on any atom is -0.336 e. The zero-order valence-electron chi connectivity index (χ0n) is 18.9. The highest BCUT2D eigenvalue weighted by Gasteiger charge is 2.25. The van der Waals surface area contributed by atoms with E-state index in [1.54, 1.807) is 0 Å². The van der Waals surface area contributed by atoms with Crippen LogP contribution < -0.4 is 0 Å². The number of fused-ring (bicyclic) bond motifs is 9. The van der Waals surface area contributed by atoms with Gasteiger partial charge in [-0.25, -0.2) is 0 Å². The number of hydrogen-bond acceptors (Lipinski definition) is 0. The molecule has 0 saturated carbocycles. The molecule has 1 heterocycles. The molecule has 8 rings (SSSR count). The fourth-order valence-corrected chi connectivity index (χ4v) is 6.34. The second-order valence-corrected chi connectivity index (χ2v) is 9.79. The maximum absolute atomic E-state index is 2.47. The molecule has 160 valence electrons. The first kappa shape index (κ1) is 18.3. The third-order valence-corrected chi connectivity index (χ3v) is 7.88. The quantitative estimate of drug-likeness (QED) is 0.260. The monoisotopic (exact) mass is 433 g/mol. The highest BCUT2D eigenvalue weighted by molar-refractivity contribution is 6.08. The van der Waals surface area contributed by atoms with Crippen molar-refractivity contribution in [3.05, 3.63) is 131 Å². The first-order valence-electron chi connectivity index (χ1n) is 12.2. The van der Waals surface area contributed by atoms with Crippen molar-refractivity contribution in [2.45, 2.75) is 19.4 Å². The van der Waals surface area contributed by atoms with E-state index in [9.17, 15) is 0 Å². The molecule has 0 unspecified atom stereocenters. The Morgan fingerprint density at radius 2 is 1.03 bits per heavy atom. The van der Waals surface area contributed by atoms with Crippen LogP contribution in [0.3, 0.4) is 0 Å². The zero-order valence-corrected chi connectivity index (χ0v) is 18.9. The van der Waals surface area contributed by atoms with E-state index in [4.69, 9.17) is 0 Å². The average molecular weight is 434 g/mol. The molecule has 0 amide bonds. The van der Waals surface area contributed by atoms with Crippen molar-refractivity contribution < 1.29 is 0 Å². The van der Waals surface area contributed by atoms with E-state index >= 15 is 0 Å². The maximum Gasteiger partial charge on any atom is 0.0494 e. The SMILES string of the molecule is c1ccc2c(c1)Cc1cc3c(cc1-2)Cc1cc(Cn2c4ccccc4c4ccccc42)ccc1-3. The van der Waals surface area contributed by atoms with Gasteiger partial charge in [0.05, 0.1) is 0 Å². The van der Waals surface area contributed by atoms with Crippen LogP contribution in [-0.4, -0.2) is 4.57 Å². The molecule has 0 radical (unpaired) electrons. The van der Waals surface area contributed by atoms with E-state index in [0.29, 0.717) is 0 Å². The smallest absolute Gasteiger partial charge is 0.0494 e. The second kappa shape index (κ2) is 6.71. The first-order chi connectivity index (χ1) is 16.8. The lowest BCUT2D eigenvalue weighted by atomic mass is 9.98. The molecule has 1 heteroatoms. The molecule has 1 aromatic heterocycles. The number of nitrogens with zero attached hydrogens (tertiary/aromatic N) is 1. The van der Waals surface area contributed by atoms with Gasteiger partial charge in [-0.15, -0.1) is 0 Å². The molecule has 0 aliphatic heterocycles. The van der Waals surface area contributed by atoms with E-state index in [2.05, 4.69) is 108 Å². The molecule has 6 aromatic rings. The van der Waals surface area contributed by atoms with Crippen LogP contribution in [0.15, 0.2) is 103 Å². The van der Waals surface area contributed by atoms with Gasteiger partial charge >= 0.3 is 0 Å². The van der Waals surface area contributed by atoms with Gasteiger partial charge in [0.2, 0.25) is 0 Å². The van der Waals surface area contributed by atoms with Gasteiger partial charge in [-0.1, -0.05) is 78.9 Å². The highest BCUT2D eigenvalue weighted by atomic mass is 15.0. The highest BCUT2D eigenvalue weighted by Crippen LogP contribution is 2.45. The van der Waals surface area contributed by atoms with Crippen LogP contribution in [0.4, 0.5) is 0 Å². The molecule has 5 aromatic carbocycles. The van der Waals surface area contributed by atoms with Crippen LogP contribution in [0.5, 0.6) is 0 Å². The van der Waals surface area contributed by atoms with Crippen LogP contribution in [0.2, 0.25) is 0 Å². The predicted molar refractivity (Wildman–Crippen MR) is 141 cm³/mol. The van der Waals surface area contributed by atoms with Crippen molar-refractivity contribution in [1.29, 1.82) is 0 Å². The van der Waals surface area contributed by atoms with Gasteiger partial charge in [0.15, 0.2) is 0 Å². The lowest BCUT2D eigenvalue weighted by Gasteiger charge is -2.10. The minimum absolute atomic E-state index is 0.890. The van der Waals surface area contributed by atoms with Crippen molar-refractivity contribution in [3.8, 4) is 22.3 Å². The van der Waals surface area contributed by atoms with Crippen molar-refractivity contribution in [2.75, 3.05) is 0 Å². The Hall–Kier alpha value is -4.10. The van der Waals surface area contributed by atoms with Crippen molar-refractivity contribution in [3.63, 3.8) is 0 Å². The lowest BCUT2D eigenvalue weighted by molar-refractivity contribution is 0.867. The Labute approximate surface area is 198 Å². The number of benzene rings is 5. The van der Waals surface area contributed by atoms with Crippen LogP contribution in [0.25, 0.3) is 44.1 Å². The van der Waals surface area contributed by atoms with Gasteiger partial charge < -0.3 is 4.57 Å². The number of rotatable bonds is 2. The Balaban J connectivity index is 1.20. The van der Waals surface area contributed by atoms with Gasteiger partial charge in [0, 0.05) is 28.4 Å². The number of para-hydroxylation sites is 2. The van der Waals surface area contributed by atoms with Crippen LogP contribution in [-0.2, 0) is 19.4 Å². The predicted octanol–water partition coefficient (Wildman–Crippen LogP) is 7.99. The molecule has 0 spiro atoms. The fraction of sp³-hybridized carbons (Fsp3) is 0.0909. The van der Waals surface area contributed by atoms with Crippen LogP contribution in [0, 0.1) is 0 Å². The summed E-state index contributed by atoms with van der Waals surface area (Å²) in [6.45, 7) is 0.890. The Bertz CT molecular complexity index is 1730. The van der Waals surface area contributed by atoms with E-state index in [-0.39, 0.29) is 0 Å². The summed E-state index contributed by atoms with van der Waals surface area (Å²) in [6.07, 6.45) is 2.08. The van der Waals surface area contributed by atoms with E-state index < -0.39 is 0 Å². The largest absolute Gasteiger partial charge is 0.336 e. The molecule has 0 saturated heterocycles. The molecule has 0 bridgehead atoms. The summed E-state index contributed by atoms with van der Waals surface area (Å²) in [5, 5.41) is 2.67. The average Bonchev–Trinajstić information content (AvgIpc) is 3.52. The van der Waals surface area contributed by atoms with Gasteiger partial charge in [0.1, 0.15) is 0 Å². The van der Waals surface area contributed by atoms with E-state index in [1.807, 2.05) is 0 Å². The molecule has 0 atom stereocenters. The van der Waals surface area contributed by atoms with Gasteiger partial charge in [-0.05, 0) is 87.2 Å². The van der Waals surface area contributed by atoms with Gasteiger partial charge in [-0.2, -0.15) is 0 Å². The number of hydrogen-bond donors (Lipinski definition) is 0. The van der Waals surface area contributed by atoms with Crippen LogP contribution >= 0.6 is 0 Å². The molecular formula is C33H23N. The van der Waals surface area contributed by atoms with Crippen LogP contribution in [0.1, 0.15) is 27.8 Å². The second-order valence-electron chi connectivity index (χ2n) is 9.79. The van der Waals surface area contributed by atoms with Crippen molar-refractivity contribution in [2.24, 2.45) is 0 Å². The van der Waals surface area contributed by atoms with Crippen molar-refractivity contribution >= 4 is 21.8 Å². The minimum atomic E-state index is 0.890. The van der Waals surface area contributed by atoms with Gasteiger partial charge in [-0.3, -0.25) is 0 Å². The Morgan fingerprint density at radius 3 is 1.76 bits per heavy atom. The molecule has 2 aliphatic rings. The summed E-state index contributed by atoms with van der Waals surface area (Å²) in [5.74, 6) is 0. The first-order valence-corrected chi connectivity index (χ1v) is 12.2. The number of aromatic nitrogens is 1. The Kier molecular flexibility index (Phi) is 3.62. The molecule has 0 N–H and O–H groups in total. The molecular weight excluding hydrogens is 410 g/mol. The molecule has 2 aliphatic carbocycles. The summed E-state index contributed by atoms with van der Waals surface area (Å²) in [4.78, 5) is 0. The summed E-state index contributed by atoms with van der Waals surface area (Å²) in [6, 6.07) is 38.5. The third kappa shape index (κ3) is 2.50.